The van der Waals surface area contributed by atoms with Gasteiger partial charge in [-0.2, -0.15) is 5.10 Å². The maximum Gasteiger partial charge on any atom is 0.258 e. The molecule has 0 aliphatic carbocycles. The molecule has 0 bridgehead atoms. The Kier molecular flexibility index (Phi) is 4.83. The summed E-state index contributed by atoms with van der Waals surface area (Å²) < 4.78 is 28.6. The van der Waals surface area contributed by atoms with Crippen LogP contribution in [0.2, 0.25) is 0 Å². The molecule has 27 heavy (non-hydrogen) atoms. The molecule has 4 N–H and O–H groups in total. The van der Waals surface area contributed by atoms with Gasteiger partial charge in [0, 0.05) is 41.8 Å². The summed E-state index contributed by atoms with van der Waals surface area (Å²) in [6.45, 7) is 2.18. The van der Waals surface area contributed by atoms with E-state index in [0.717, 1.165) is 30.1 Å². The Bertz CT molecular complexity index is 979. The molecule has 1 aliphatic rings. The molecule has 0 radical (unpaired) electrons. The normalized spacial score (nSPS) is 17.6. The van der Waals surface area contributed by atoms with Crippen LogP contribution in [0.4, 0.5) is 14.5 Å². The predicted octanol–water partition coefficient (Wildman–Crippen LogP) is 2.72. The van der Waals surface area contributed by atoms with E-state index < -0.39 is 17.5 Å². The van der Waals surface area contributed by atoms with Gasteiger partial charge in [0.1, 0.15) is 11.6 Å². The molecule has 8 heteroatoms. The lowest BCUT2D eigenvalue weighted by Crippen LogP contribution is -2.25. The van der Waals surface area contributed by atoms with Gasteiger partial charge < -0.3 is 16.0 Å². The Hall–Kier alpha value is -2.84. The van der Waals surface area contributed by atoms with Gasteiger partial charge in [0.15, 0.2) is 0 Å². The molecule has 1 atom stereocenters. The van der Waals surface area contributed by atoms with Crippen molar-refractivity contribution < 1.29 is 13.6 Å². The number of hydrogen-bond acceptors (Lipinski definition) is 4. The van der Waals surface area contributed by atoms with Crippen molar-refractivity contribution in [2.75, 3.05) is 25.0 Å². The number of H-pyrrole nitrogens is 1. The third kappa shape index (κ3) is 3.67. The minimum absolute atomic E-state index is 0.185. The van der Waals surface area contributed by atoms with E-state index >= 15 is 0 Å². The monoisotopic (exact) mass is 371 g/mol. The van der Waals surface area contributed by atoms with Crippen LogP contribution in [0.25, 0.3) is 10.9 Å². The molecule has 3 aromatic rings. The number of rotatable bonds is 3. The van der Waals surface area contributed by atoms with Crippen molar-refractivity contribution in [3.8, 4) is 0 Å². The van der Waals surface area contributed by atoms with E-state index in [2.05, 4.69) is 26.1 Å². The van der Waals surface area contributed by atoms with Crippen molar-refractivity contribution in [3.63, 3.8) is 0 Å². The number of hydrogen-bond donors (Lipinski definition) is 4. The smallest absolute Gasteiger partial charge is 0.258 e. The minimum atomic E-state index is -0.886. The van der Waals surface area contributed by atoms with E-state index in [1.54, 1.807) is 24.4 Å². The summed E-state index contributed by atoms with van der Waals surface area (Å²) in [4.78, 5) is 12.6. The third-order valence-corrected chi connectivity index (χ3v) is 4.71. The van der Waals surface area contributed by atoms with Crippen LogP contribution in [0.1, 0.15) is 28.4 Å². The van der Waals surface area contributed by atoms with Gasteiger partial charge in [-0.05, 0) is 37.2 Å². The number of nitrogens with zero attached hydrogens (tertiary/aromatic N) is 1. The highest BCUT2D eigenvalue weighted by atomic mass is 19.1. The largest absolute Gasteiger partial charge is 0.322 e. The number of aromatic amines is 1. The summed E-state index contributed by atoms with van der Waals surface area (Å²) >= 11 is 0. The van der Waals surface area contributed by atoms with Gasteiger partial charge in [-0.1, -0.05) is 0 Å². The summed E-state index contributed by atoms with van der Waals surface area (Å²) in [5.74, 6) is -2.16. The summed E-state index contributed by atoms with van der Waals surface area (Å²) in [5, 5.41) is 16.7. The van der Waals surface area contributed by atoms with Crippen LogP contribution in [-0.2, 0) is 0 Å². The molecule has 2 aromatic carbocycles. The molecular formula is C19H19F2N5O. The topological polar surface area (TPSA) is 81.8 Å². The van der Waals surface area contributed by atoms with Gasteiger partial charge in [0.2, 0.25) is 0 Å². The van der Waals surface area contributed by atoms with Gasteiger partial charge in [0.25, 0.3) is 5.91 Å². The summed E-state index contributed by atoms with van der Waals surface area (Å²) in [6.07, 6.45) is 2.32. The summed E-state index contributed by atoms with van der Waals surface area (Å²) in [5.41, 5.74) is 1.37. The Morgan fingerprint density at radius 1 is 1.11 bits per heavy atom. The van der Waals surface area contributed by atoms with Gasteiger partial charge in [-0.3, -0.25) is 9.89 Å². The van der Waals surface area contributed by atoms with E-state index in [-0.39, 0.29) is 11.6 Å². The lowest BCUT2D eigenvalue weighted by molar-refractivity contribution is 0.102. The first-order valence-corrected chi connectivity index (χ1v) is 8.79. The molecule has 1 aromatic heterocycles. The summed E-state index contributed by atoms with van der Waals surface area (Å²) in [6, 6.07) is 7.02. The van der Waals surface area contributed by atoms with Crippen molar-refractivity contribution >= 4 is 22.5 Å². The predicted molar refractivity (Wildman–Crippen MR) is 98.6 cm³/mol. The number of carbonyl (C=O) groups is 1. The minimum Gasteiger partial charge on any atom is -0.322 e. The first-order valence-electron chi connectivity index (χ1n) is 8.79. The van der Waals surface area contributed by atoms with Crippen molar-refractivity contribution in [2.45, 2.75) is 12.5 Å². The molecular weight excluding hydrogens is 352 g/mol. The van der Waals surface area contributed by atoms with Crippen molar-refractivity contribution in [2.24, 2.45) is 0 Å². The van der Waals surface area contributed by atoms with E-state index in [0.29, 0.717) is 24.2 Å². The van der Waals surface area contributed by atoms with Crippen LogP contribution in [0.15, 0.2) is 36.5 Å². The van der Waals surface area contributed by atoms with Crippen LogP contribution in [0.5, 0.6) is 0 Å². The SMILES string of the molecule is O=C(Nc1ccc2cn[nH]c2c1)c1cc(C2CCNCCN2)c(F)cc1F. The molecule has 1 unspecified atom stereocenters. The fraction of sp³-hybridized carbons (Fsp3) is 0.263. The van der Waals surface area contributed by atoms with Crippen molar-refractivity contribution in [1.29, 1.82) is 0 Å². The second-order valence-corrected chi connectivity index (χ2v) is 6.53. The lowest BCUT2D eigenvalue weighted by atomic mass is 9.99. The van der Waals surface area contributed by atoms with Crippen LogP contribution in [0, 0.1) is 11.6 Å². The molecule has 1 amide bonds. The van der Waals surface area contributed by atoms with Crippen molar-refractivity contribution in [3.05, 3.63) is 59.3 Å². The number of amides is 1. The Labute approximate surface area is 154 Å². The van der Waals surface area contributed by atoms with Crippen molar-refractivity contribution in [1.82, 2.24) is 20.8 Å². The van der Waals surface area contributed by atoms with Crippen LogP contribution in [0.3, 0.4) is 0 Å². The number of anilines is 1. The zero-order chi connectivity index (χ0) is 18.8. The van der Waals surface area contributed by atoms with Crippen LogP contribution >= 0.6 is 0 Å². The average molecular weight is 371 g/mol. The first-order chi connectivity index (χ1) is 13.1. The average Bonchev–Trinajstić information content (AvgIpc) is 2.94. The second-order valence-electron chi connectivity index (χ2n) is 6.53. The maximum absolute atomic E-state index is 14.3. The Morgan fingerprint density at radius 3 is 2.89 bits per heavy atom. The zero-order valence-corrected chi connectivity index (χ0v) is 14.5. The number of carbonyl (C=O) groups excluding carboxylic acids is 1. The number of aromatic nitrogens is 2. The fourth-order valence-corrected chi connectivity index (χ4v) is 3.29. The molecule has 0 saturated carbocycles. The van der Waals surface area contributed by atoms with E-state index in [9.17, 15) is 13.6 Å². The first kappa shape index (κ1) is 17.6. The molecule has 6 nitrogen and oxygen atoms in total. The van der Waals surface area contributed by atoms with Crippen LogP contribution < -0.4 is 16.0 Å². The van der Waals surface area contributed by atoms with Gasteiger partial charge in [0.05, 0.1) is 17.3 Å². The lowest BCUT2D eigenvalue weighted by Gasteiger charge is -2.18. The number of halogens is 2. The molecule has 140 valence electrons. The Morgan fingerprint density at radius 2 is 2.00 bits per heavy atom. The van der Waals surface area contributed by atoms with Gasteiger partial charge in [-0.25, -0.2) is 8.78 Å². The highest BCUT2D eigenvalue weighted by Crippen LogP contribution is 2.25. The standard InChI is InChI=1S/C19H19F2N5O/c20-15-9-16(21)14(8-13(15)17-3-4-22-5-6-23-17)19(27)25-12-2-1-11-10-24-26-18(11)7-12/h1-2,7-10,17,22-23H,3-6H2,(H,24,26)(H,25,27). The quantitative estimate of drug-likeness (QED) is 0.571. The summed E-state index contributed by atoms with van der Waals surface area (Å²) in [7, 11) is 0. The molecule has 1 fully saturated rings. The van der Waals surface area contributed by atoms with E-state index in [4.69, 9.17) is 0 Å². The van der Waals surface area contributed by atoms with Gasteiger partial charge >= 0.3 is 0 Å². The third-order valence-electron chi connectivity index (χ3n) is 4.71. The molecule has 1 aliphatic heterocycles. The molecule has 2 heterocycles. The number of benzene rings is 2. The highest BCUT2D eigenvalue weighted by molar-refractivity contribution is 6.05. The van der Waals surface area contributed by atoms with E-state index in [1.165, 1.54) is 6.07 Å². The molecule has 4 rings (SSSR count). The second kappa shape index (κ2) is 7.42. The zero-order valence-electron chi connectivity index (χ0n) is 14.5. The maximum atomic E-state index is 14.3. The number of fused-ring (bicyclic) bond motifs is 1. The molecule has 1 saturated heterocycles. The highest BCUT2D eigenvalue weighted by Gasteiger charge is 2.22. The van der Waals surface area contributed by atoms with Crippen LogP contribution in [-0.4, -0.2) is 35.7 Å². The van der Waals surface area contributed by atoms with E-state index in [1.807, 2.05) is 0 Å². The fourth-order valence-electron chi connectivity index (χ4n) is 3.29. The molecule has 0 spiro atoms. The Balaban J connectivity index is 1.61. The number of nitrogens with one attached hydrogen (secondary N) is 4. The van der Waals surface area contributed by atoms with Gasteiger partial charge in [-0.15, -0.1) is 0 Å².